The molecule has 0 aliphatic heterocycles. The molecule has 1 aromatic carbocycles. The van der Waals surface area contributed by atoms with E-state index in [1.165, 1.54) is 6.26 Å². The number of nitrogens with one attached hydrogen (secondary N) is 1. The summed E-state index contributed by atoms with van der Waals surface area (Å²) >= 11 is 0. The molecule has 1 heterocycles. The van der Waals surface area contributed by atoms with E-state index in [1.807, 2.05) is 30.3 Å². The van der Waals surface area contributed by atoms with Crippen molar-refractivity contribution in [2.24, 2.45) is 0 Å². The summed E-state index contributed by atoms with van der Waals surface area (Å²) in [5.41, 5.74) is -0.216. The summed E-state index contributed by atoms with van der Waals surface area (Å²) in [6.07, 6.45) is 3.20. The van der Waals surface area contributed by atoms with Gasteiger partial charge < -0.3 is 14.8 Å². The number of carbonyl (C=O) groups is 1. The molecular weight excluding hydrogens is 278 g/mol. The van der Waals surface area contributed by atoms with Gasteiger partial charge in [-0.2, -0.15) is 0 Å². The fraction of sp³-hybridized carbons (Fsp3) is 0.389. The van der Waals surface area contributed by atoms with Gasteiger partial charge in [-0.05, 0) is 31.0 Å². The molecule has 0 bridgehead atoms. The Labute approximate surface area is 131 Å². The van der Waals surface area contributed by atoms with Crippen molar-refractivity contribution < 1.29 is 14.3 Å². The highest BCUT2D eigenvalue weighted by molar-refractivity contribution is 5.83. The zero-order valence-electron chi connectivity index (χ0n) is 13.1. The van der Waals surface area contributed by atoms with Gasteiger partial charge in [0.25, 0.3) is 0 Å². The molecule has 0 saturated carbocycles. The third-order valence-electron chi connectivity index (χ3n) is 3.75. The van der Waals surface area contributed by atoms with Gasteiger partial charge in [0, 0.05) is 0 Å². The number of benzene rings is 1. The minimum Gasteiger partial charge on any atom is -0.466 e. The largest absolute Gasteiger partial charge is 0.466 e. The van der Waals surface area contributed by atoms with Crippen molar-refractivity contribution in [2.75, 3.05) is 6.54 Å². The van der Waals surface area contributed by atoms with Crippen LogP contribution < -0.4 is 5.32 Å². The second kappa shape index (κ2) is 7.27. The Morgan fingerprint density at radius 3 is 2.59 bits per heavy atom. The summed E-state index contributed by atoms with van der Waals surface area (Å²) < 4.78 is 5.22. The molecule has 22 heavy (non-hydrogen) atoms. The van der Waals surface area contributed by atoms with Crippen molar-refractivity contribution in [3.8, 4) is 0 Å². The number of hydrogen-bond acceptors (Lipinski definition) is 3. The lowest BCUT2D eigenvalue weighted by molar-refractivity contribution is -0.124. The number of carbonyl (C=O) groups excluding carboxylic acids is 1. The van der Waals surface area contributed by atoms with Gasteiger partial charge in [-0.3, -0.25) is 4.79 Å². The summed E-state index contributed by atoms with van der Waals surface area (Å²) in [6, 6.07) is 13.2. The van der Waals surface area contributed by atoms with Crippen molar-refractivity contribution >= 4 is 5.91 Å². The van der Waals surface area contributed by atoms with E-state index < -0.39 is 5.60 Å². The first-order chi connectivity index (χ1) is 10.5. The van der Waals surface area contributed by atoms with Crippen LogP contribution >= 0.6 is 0 Å². The van der Waals surface area contributed by atoms with Crippen LogP contribution in [-0.2, 0) is 10.4 Å². The maximum Gasteiger partial charge on any atom is 0.227 e. The van der Waals surface area contributed by atoms with Crippen LogP contribution in [0, 0.1) is 0 Å². The fourth-order valence-corrected chi connectivity index (χ4v) is 2.48. The Morgan fingerprint density at radius 2 is 2.00 bits per heavy atom. The predicted octanol–water partition coefficient (Wildman–Crippen LogP) is 3.19. The van der Waals surface area contributed by atoms with Crippen LogP contribution in [0.5, 0.6) is 0 Å². The van der Waals surface area contributed by atoms with Crippen molar-refractivity contribution in [3.63, 3.8) is 0 Å². The zero-order chi connectivity index (χ0) is 16.0. The quantitative estimate of drug-likeness (QED) is 0.825. The van der Waals surface area contributed by atoms with Crippen molar-refractivity contribution in [1.29, 1.82) is 0 Å². The minimum absolute atomic E-state index is 0.0696. The van der Waals surface area contributed by atoms with Crippen LogP contribution in [0.4, 0.5) is 0 Å². The normalized spacial score (nSPS) is 15.0. The van der Waals surface area contributed by atoms with Crippen LogP contribution in [0.1, 0.15) is 43.9 Å². The molecule has 0 aliphatic carbocycles. The second-order valence-corrected chi connectivity index (χ2v) is 5.72. The maximum absolute atomic E-state index is 12.5. The van der Waals surface area contributed by atoms with E-state index in [1.54, 1.807) is 19.1 Å². The Bertz CT molecular complexity index is 576. The van der Waals surface area contributed by atoms with Crippen LogP contribution in [-0.4, -0.2) is 17.6 Å². The van der Waals surface area contributed by atoms with E-state index in [0.29, 0.717) is 5.76 Å². The fourth-order valence-electron chi connectivity index (χ4n) is 2.48. The average molecular weight is 301 g/mol. The molecule has 1 amide bonds. The molecule has 0 spiro atoms. The Balaban J connectivity index is 2.03. The molecule has 0 radical (unpaired) electrons. The standard InChI is InChI=1S/C18H23NO3/c1-3-8-15(14-9-5-4-6-10-14)17(20)19-13-18(2,21)16-11-7-12-22-16/h4-7,9-12,15,21H,3,8,13H2,1-2H3,(H,19,20). The van der Waals surface area contributed by atoms with Crippen LogP contribution in [0.15, 0.2) is 53.1 Å². The van der Waals surface area contributed by atoms with Crippen molar-refractivity contribution in [3.05, 3.63) is 60.1 Å². The molecule has 2 N–H and O–H groups in total. The second-order valence-electron chi connectivity index (χ2n) is 5.72. The number of rotatable bonds is 7. The highest BCUT2D eigenvalue weighted by Crippen LogP contribution is 2.23. The van der Waals surface area contributed by atoms with Gasteiger partial charge in [0.15, 0.2) is 0 Å². The van der Waals surface area contributed by atoms with E-state index in [0.717, 1.165) is 18.4 Å². The van der Waals surface area contributed by atoms with Gasteiger partial charge in [-0.25, -0.2) is 0 Å². The van der Waals surface area contributed by atoms with E-state index in [4.69, 9.17) is 4.42 Å². The minimum atomic E-state index is -1.22. The van der Waals surface area contributed by atoms with Gasteiger partial charge >= 0.3 is 0 Å². The summed E-state index contributed by atoms with van der Waals surface area (Å²) in [5, 5.41) is 13.2. The molecule has 4 heteroatoms. The van der Waals surface area contributed by atoms with E-state index in [-0.39, 0.29) is 18.4 Å². The SMILES string of the molecule is CCCC(C(=O)NCC(C)(O)c1ccco1)c1ccccc1. The molecule has 2 atom stereocenters. The molecule has 118 valence electrons. The number of aliphatic hydroxyl groups is 1. The molecule has 0 saturated heterocycles. The van der Waals surface area contributed by atoms with E-state index >= 15 is 0 Å². The molecule has 2 unspecified atom stereocenters. The highest BCUT2D eigenvalue weighted by Gasteiger charge is 2.28. The Hall–Kier alpha value is -2.07. The Morgan fingerprint density at radius 1 is 1.27 bits per heavy atom. The molecule has 1 aromatic heterocycles. The first kappa shape index (κ1) is 16.3. The van der Waals surface area contributed by atoms with Gasteiger partial charge in [0.05, 0.1) is 18.7 Å². The molecule has 0 fully saturated rings. The first-order valence-electron chi connectivity index (χ1n) is 7.63. The van der Waals surface area contributed by atoms with Gasteiger partial charge in [0.2, 0.25) is 5.91 Å². The molecule has 2 aromatic rings. The predicted molar refractivity (Wildman–Crippen MR) is 85.4 cm³/mol. The Kier molecular flexibility index (Phi) is 5.39. The van der Waals surface area contributed by atoms with Crippen molar-refractivity contribution in [2.45, 2.75) is 38.2 Å². The molecule has 0 aliphatic rings. The first-order valence-corrected chi connectivity index (χ1v) is 7.63. The average Bonchev–Trinajstić information content (AvgIpc) is 3.06. The van der Waals surface area contributed by atoms with Crippen LogP contribution in [0.2, 0.25) is 0 Å². The van der Waals surface area contributed by atoms with Crippen LogP contribution in [0.3, 0.4) is 0 Å². The topological polar surface area (TPSA) is 62.5 Å². The summed E-state index contributed by atoms with van der Waals surface area (Å²) in [4.78, 5) is 12.5. The maximum atomic E-state index is 12.5. The van der Waals surface area contributed by atoms with Crippen LogP contribution in [0.25, 0.3) is 0 Å². The third kappa shape index (κ3) is 3.98. The van der Waals surface area contributed by atoms with E-state index in [9.17, 15) is 9.90 Å². The molecular formula is C18H23NO3. The zero-order valence-corrected chi connectivity index (χ0v) is 13.1. The lowest BCUT2D eigenvalue weighted by atomic mass is 9.93. The lowest BCUT2D eigenvalue weighted by Gasteiger charge is -2.23. The lowest BCUT2D eigenvalue weighted by Crippen LogP contribution is -2.40. The number of amides is 1. The van der Waals surface area contributed by atoms with Gasteiger partial charge in [-0.15, -0.1) is 0 Å². The molecule has 2 rings (SSSR count). The van der Waals surface area contributed by atoms with Crippen molar-refractivity contribution in [1.82, 2.24) is 5.32 Å². The van der Waals surface area contributed by atoms with Gasteiger partial charge in [0.1, 0.15) is 11.4 Å². The number of furan rings is 1. The molecule has 4 nitrogen and oxygen atoms in total. The van der Waals surface area contributed by atoms with E-state index in [2.05, 4.69) is 12.2 Å². The number of hydrogen-bond donors (Lipinski definition) is 2. The third-order valence-corrected chi connectivity index (χ3v) is 3.75. The monoisotopic (exact) mass is 301 g/mol. The summed E-state index contributed by atoms with van der Waals surface area (Å²) in [5.74, 6) is 0.179. The smallest absolute Gasteiger partial charge is 0.227 e. The summed E-state index contributed by atoms with van der Waals surface area (Å²) in [7, 11) is 0. The summed E-state index contributed by atoms with van der Waals surface area (Å²) in [6.45, 7) is 3.80. The van der Waals surface area contributed by atoms with Gasteiger partial charge in [-0.1, -0.05) is 43.7 Å². The highest BCUT2D eigenvalue weighted by atomic mass is 16.4.